The van der Waals surface area contributed by atoms with Gasteiger partial charge in [-0.05, 0) is 37.8 Å². The van der Waals surface area contributed by atoms with Crippen LogP contribution >= 0.6 is 0 Å². The van der Waals surface area contributed by atoms with Crippen LogP contribution in [0.3, 0.4) is 0 Å². The molecule has 13 nitrogen and oxygen atoms in total. The van der Waals surface area contributed by atoms with E-state index in [9.17, 15) is 35.1 Å². The Bertz CT molecular complexity index is 1320. The molecule has 1 aromatic carbocycles. The van der Waals surface area contributed by atoms with E-state index in [0.29, 0.717) is 23.1 Å². The first-order valence-electron chi connectivity index (χ1n) is 14.8. The highest BCUT2D eigenvalue weighted by Crippen LogP contribution is 2.54. The lowest BCUT2D eigenvalue weighted by Gasteiger charge is -2.47. The molecule has 1 saturated carbocycles. The number of carbonyl (C=O) groups is 2. The van der Waals surface area contributed by atoms with E-state index >= 15 is 0 Å². The van der Waals surface area contributed by atoms with Crippen LogP contribution < -0.4 is 14.8 Å². The van der Waals surface area contributed by atoms with Gasteiger partial charge in [0.15, 0.2) is 16.9 Å². The van der Waals surface area contributed by atoms with E-state index in [2.05, 4.69) is 5.32 Å². The fourth-order valence-electron chi connectivity index (χ4n) is 6.98. The molecule has 238 valence electrons. The molecule has 1 spiro atoms. The first-order chi connectivity index (χ1) is 20.6. The van der Waals surface area contributed by atoms with Crippen molar-refractivity contribution in [1.82, 2.24) is 5.32 Å². The lowest BCUT2D eigenvalue weighted by Crippen LogP contribution is -2.68. The summed E-state index contributed by atoms with van der Waals surface area (Å²) in [6, 6.07) is 1.79. The fourth-order valence-corrected chi connectivity index (χ4v) is 6.98. The number of rotatable bonds is 11. The Kier molecular flexibility index (Phi) is 9.21. The average Bonchev–Trinajstić information content (AvgIpc) is 3.72. The molecular formula is C30H41NO12. The van der Waals surface area contributed by atoms with Crippen LogP contribution in [0.2, 0.25) is 0 Å². The van der Waals surface area contributed by atoms with E-state index in [-0.39, 0.29) is 42.8 Å². The number of amides is 1. The molecule has 1 aromatic heterocycles. The number of fused-ring (bicyclic) bond motifs is 1. The van der Waals surface area contributed by atoms with Crippen LogP contribution in [0.1, 0.15) is 62.5 Å². The van der Waals surface area contributed by atoms with Gasteiger partial charge in [-0.15, -0.1) is 0 Å². The van der Waals surface area contributed by atoms with Gasteiger partial charge in [-0.1, -0.05) is 12.8 Å². The van der Waals surface area contributed by atoms with Crippen LogP contribution in [0, 0.1) is 5.41 Å². The van der Waals surface area contributed by atoms with Gasteiger partial charge in [0.1, 0.15) is 18.3 Å². The van der Waals surface area contributed by atoms with E-state index in [4.69, 9.17) is 23.4 Å². The Hall–Kier alpha value is -2.94. The van der Waals surface area contributed by atoms with Gasteiger partial charge in [0.25, 0.3) is 0 Å². The highest BCUT2D eigenvalue weighted by atomic mass is 16.7. The Balaban J connectivity index is 1.62. The van der Waals surface area contributed by atoms with Gasteiger partial charge in [-0.2, -0.15) is 0 Å². The number of hydrogen-bond acceptors (Lipinski definition) is 12. The Morgan fingerprint density at radius 2 is 1.93 bits per heavy atom. The summed E-state index contributed by atoms with van der Waals surface area (Å²) in [5.74, 6) is -0.387. The summed E-state index contributed by atoms with van der Waals surface area (Å²) in [7, 11) is 1.40. The topological polar surface area (TPSA) is 197 Å². The third-order valence-corrected chi connectivity index (χ3v) is 9.29. The maximum Gasteiger partial charge on any atom is 0.306 e. The minimum atomic E-state index is -2.28. The summed E-state index contributed by atoms with van der Waals surface area (Å²) >= 11 is 0. The second-order valence-electron chi connectivity index (χ2n) is 11.6. The molecule has 5 rings (SSSR count). The van der Waals surface area contributed by atoms with Crippen LogP contribution in [0.15, 0.2) is 16.7 Å². The molecule has 3 aliphatic rings. The zero-order valence-electron chi connectivity index (χ0n) is 24.4. The molecule has 0 bridgehead atoms. The van der Waals surface area contributed by atoms with Gasteiger partial charge >= 0.3 is 5.97 Å². The van der Waals surface area contributed by atoms with Crippen molar-refractivity contribution >= 4 is 22.8 Å². The number of aryl methyl sites for hydroxylation is 1. The van der Waals surface area contributed by atoms with Gasteiger partial charge in [0, 0.05) is 42.9 Å². The molecule has 6 N–H and O–H groups in total. The number of nitrogens with one attached hydrogen (secondary N) is 1. The van der Waals surface area contributed by atoms with Crippen LogP contribution in [-0.2, 0) is 25.5 Å². The predicted molar refractivity (Wildman–Crippen MR) is 149 cm³/mol. The minimum Gasteiger partial charge on any atom is -0.490 e. The van der Waals surface area contributed by atoms with E-state index < -0.39 is 61.2 Å². The van der Waals surface area contributed by atoms with Crippen LogP contribution in [0.25, 0.3) is 11.0 Å². The minimum absolute atomic E-state index is 0.0213. The monoisotopic (exact) mass is 607 g/mol. The number of benzene rings is 1. The number of carbonyl (C=O) groups excluding carboxylic acids is 2. The van der Waals surface area contributed by atoms with Gasteiger partial charge in [-0.3, -0.25) is 9.59 Å². The van der Waals surface area contributed by atoms with E-state index in [0.717, 1.165) is 31.2 Å². The number of esters is 1. The quantitative estimate of drug-likeness (QED) is 0.195. The maximum atomic E-state index is 13.0. The van der Waals surface area contributed by atoms with Gasteiger partial charge in [0.2, 0.25) is 17.9 Å². The molecule has 3 fully saturated rings. The summed E-state index contributed by atoms with van der Waals surface area (Å²) in [6.45, 7) is 1.11. The molecule has 13 heteroatoms. The SMILES string of the molecule is CCOC(=O)CCc1cc2c(C3CNC(=O)C34CCCC4)coc2c(OC)c1OC1OC(CO)C(O)C(O)C1(O)CCO. The van der Waals surface area contributed by atoms with Gasteiger partial charge < -0.3 is 54.2 Å². The second kappa shape index (κ2) is 12.6. The molecule has 2 aromatic rings. The number of hydrogen-bond donors (Lipinski definition) is 6. The van der Waals surface area contributed by atoms with E-state index in [1.807, 2.05) is 0 Å². The lowest BCUT2D eigenvalue weighted by atomic mass is 9.72. The van der Waals surface area contributed by atoms with Crippen molar-refractivity contribution in [1.29, 1.82) is 0 Å². The smallest absolute Gasteiger partial charge is 0.306 e. The first kappa shape index (κ1) is 31.5. The number of ether oxygens (including phenoxy) is 4. The molecule has 3 heterocycles. The van der Waals surface area contributed by atoms with Crippen molar-refractivity contribution in [2.75, 3.05) is 33.5 Å². The normalized spacial score (nSPS) is 30.1. The highest BCUT2D eigenvalue weighted by Gasteiger charge is 2.56. The third-order valence-electron chi connectivity index (χ3n) is 9.29. The molecule has 6 atom stereocenters. The highest BCUT2D eigenvalue weighted by molar-refractivity contribution is 5.93. The summed E-state index contributed by atoms with van der Waals surface area (Å²) in [6.07, 6.45) is -1.73. The van der Waals surface area contributed by atoms with Crippen molar-refractivity contribution in [3.63, 3.8) is 0 Å². The molecule has 2 aliphatic heterocycles. The Morgan fingerprint density at radius 1 is 1.19 bits per heavy atom. The third kappa shape index (κ3) is 5.36. The van der Waals surface area contributed by atoms with Crippen LogP contribution in [-0.4, -0.2) is 101 Å². The van der Waals surface area contributed by atoms with Gasteiger partial charge in [-0.25, -0.2) is 0 Å². The Labute approximate surface area is 248 Å². The van der Waals surface area contributed by atoms with Crippen molar-refractivity contribution in [3.8, 4) is 11.5 Å². The average molecular weight is 608 g/mol. The molecular weight excluding hydrogens is 566 g/mol. The summed E-state index contributed by atoms with van der Waals surface area (Å²) in [4.78, 5) is 25.4. The number of aliphatic hydroxyl groups is 5. The lowest BCUT2D eigenvalue weighted by molar-refractivity contribution is -0.323. The summed E-state index contributed by atoms with van der Waals surface area (Å²) < 4.78 is 28.9. The summed E-state index contributed by atoms with van der Waals surface area (Å²) in [5, 5.41) is 55.8. The second-order valence-corrected chi connectivity index (χ2v) is 11.6. The number of methoxy groups -OCH3 is 1. The first-order valence-corrected chi connectivity index (χ1v) is 14.8. The number of furan rings is 1. The molecule has 0 radical (unpaired) electrons. The van der Waals surface area contributed by atoms with E-state index in [1.165, 1.54) is 7.11 Å². The molecule has 1 amide bonds. The summed E-state index contributed by atoms with van der Waals surface area (Å²) in [5.41, 5.74) is -1.22. The molecule has 6 unspecified atom stereocenters. The van der Waals surface area contributed by atoms with Crippen LogP contribution in [0.5, 0.6) is 11.5 Å². The molecule has 2 saturated heterocycles. The number of aliphatic hydroxyl groups excluding tert-OH is 4. The Morgan fingerprint density at radius 3 is 2.58 bits per heavy atom. The fraction of sp³-hybridized carbons (Fsp3) is 0.667. The van der Waals surface area contributed by atoms with Crippen molar-refractivity contribution in [2.24, 2.45) is 5.41 Å². The maximum absolute atomic E-state index is 13.0. The van der Waals surface area contributed by atoms with Crippen molar-refractivity contribution in [3.05, 3.63) is 23.5 Å². The van der Waals surface area contributed by atoms with Crippen molar-refractivity contribution < 1.29 is 58.5 Å². The molecule has 1 aliphatic carbocycles. The predicted octanol–water partition coefficient (Wildman–Crippen LogP) is 0.642. The van der Waals surface area contributed by atoms with Crippen LogP contribution in [0.4, 0.5) is 0 Å². The van der Waals surface area contributed by atoms with E-state index in [1.54, 1.807) is 19.3 Å². The standard InChI is InChI=1S/C30H41NO12/c1-3-40-21(34)7-6-16-12-17-18(19-13-31-27(37)29(19)8-4-5-9-29)15-41-24(17)25(39-2)23(16)43-28-30(38,10-11-32)26(36)22(35)20(14-33)42-28/h12,15,19-20,22,26,28,32-33,35-36,38H,3-11,13-14H2,1-2H3,(H,31,37). The zero-order valence-corrected chi connectivity index (χ0v) is 24.4. The largest absolute Gasteiger partial charge is 0.490 e. The molecule has 43 heavy (non-hydrogen) atoms. The zero-order chi connectivity index (χ0) is 30.9. The van der Waals surface area contributed by atoms with Gasteiger partial charge in [0.05, 0.1) is 32.0 Å². The van der Waals surface area contributed by atoms with Crippen molar-refractivity contribution in [2.45, 2.75) is 88.0 Å².